The fourth-order valence-electron chi connectivity index (χ4n) is 2.49. The molecule has 0 spiro atoms. The van der Waals surface area contributed by atoms with Crippen molar-refractivity contribution in [2.45, 2.75) is 64.4 Å². The minimum atomic E-state index is -0.692. The van der Waals surface area contributed by atoms with Crippen molar-refractivity contribution in [1.82, 2.24) is 15.5 Å². The van der Waals surface area contributed by atoms with Crippen LogP contribution in [-0.2, 0) is 4.74 Å². The Labute approximate surface area is 133 Å². The number of rotatable bonds is 6. The lowest BCUT2D eigenvalue weighted by Gasteiger charge is -2.35. The first-order chi connectivity index (χ1) is 10.2. The minimum absolute atomic E-state index is 0.0140. The van der Waals surface area contributed by atoms with E-state index in [9.17, 15) is 9.90 Å². The van der Waals surface area contributed by atoms with Gasteiger partial charge in [-0.15, -0.1) is 0 Å². The Bertz CT molecular complexity index is 346. The summed E-state index contributed by atoms with van der Waals surface area (Å²) in [5, 5.41) is 24.7. The van der Waals surface area contributed by atoms with Gasteiger partial charge in [-0.25, -0.2) is 4.79 Å². The van der Waals surface area contributed by atoms with Crippen molar-refractivity contribution in [2.75, 3.05) is 26.2 Å². The van der Waals surface area contributed by atoms with Crippen LogP contribution >= 0.6 is 0 Å². The molecule has 4 N–H and O–H groups in total. The van der Waals surface area contributed by atoms with Gasteiger partial charge in [-0.2, -0.15) is 0 Å². The molecule has 0 bridgehead atoms. The van der Waals surface area contributed by atoms with Gasteiger partial charge < -0.3 is 20.3 Å². The van der Waals surface area contributed by atoms with E-state index in [-0.39, 0.29) is 18.7 Å². The number of nitrogens with one attached hydrogen (secondary N) is 2. The second-order valence-corrected chi connectivity index (χ2v) is 7.01. The van der Waals surface area contributed by atoms with E-state index >= 15 is 0 Å². The molecule has 0 aromatic rings. The second kappa shape index (κ2) is 8.67. The van der Waals surface area contributed by atoms with E-state index in [4.69, 9.17) is 9.84 Å². The summed E-state index contributed by atoms with van der Waals surface area (Å²) in [6.45, 7) is 9.35. The van der Waals surface area contributed by atoms with Gasteiger partial charge in [0.1, 0.15) is 11.8 Å². The molecule has 0 aromatic carbocycles. The molecule has 0 unspecified atom stereocenters. The molecular weight excluding hydrogens is 286 g/mol. The summed E-state index contributed by atoms with van der Waals surface area (Å²) in [6, 6.07) is -0.110. The average Bonchev–Trinajstić information content (AvgIpc) is 2.36. The van der Waals surface area contributed by atoms with Crippen molar-refractivity contribution in [2.24, 2.45) is 0 Å². The molecule has 1 aliphatic rings. The zero-order valence-corrected chi connectivity index (χ0v) is 14.1. The summed E-state index contributed by atoms with van der Waals surface area (Å²) in [4.78, 5) is 13.9. The van der Waals surface area contributed by atoms with Crippen LogP contribution in [0.1, 0.15) is 40.5 Å². The number of carbonyl (C=O) groups is 1. The van der Waals surface area contributed by atoms with Crippen LogP contribution in [0.4, 0.5) is 4.79 Å². The molecule has 130 valence electrons. The van der Waals surface area contributed by atoms with Gasteiger partial charge in [0.25, 0.3) is 0 Å². The van der Waals surface area contributed by atoms with Crippen molar-refractivity contribution >= 4 is 6.09 Å². The quantitative estimate of drug-likeness (QED) is 0.525. The first kappa shape index (κ1) is 19.2. The number of β-amino-alcohol motifs (C(OH)–C–C–N with tert-alkyl or cyclic N) is 1. The fraction of sp³-hybridized carbons (Fsp3) is 0.933. The van der Waals surface area contributed by atoms with Crippen LogP contribution < -0.4 is 10.6 Å². The Balaban J connectivity index is 2.36. The van der Waals surface area contributed by atoms with Gasteiger partial charge in [0.2, 0.25) is 0 Å². The molecule has 1 amide bonds. The van der Waals surface area contributed by atoms with Crippen LogP contribution in [0.3, 0.4) is 0 Å². The third kappa shape index (κ3) is 7.93. The Morgan fingerprint density at radius 2 is 2.14 bits per heavy atom. The predicted octanol–water partition coefficient (Wildman–Crippen LogP) is 0.264. The van der Waals surface area contributed by atoms with Gasteiger partial charge in [0, 0.05) is 25.2 Å². The lowest BCUT2D eigenvalue weighted by molar-refractivity contribution is 0.0396. The van der Waals surface area contributed by atoms with Gasteiger partial charge >= 0.3 is 6.09 Å². The molecule has 7 nitrogen and oxygen atoms in total. The molecule has 0 aromatic heterocycles. The monoisotopic (exact) mass is 317 g/mol. The number of amides is 1. The van der Waals surface area contributed by atoms with E-state index in [0.717, 1.165) is 19.4 Å². The molecule has 1 saturated heterocycles. The largest absolute Gasteiger partial charge is 0.444 e. The highest BCUT2D eigenvalue weighted by Crippen LogP contribution is 2.12. The number of likely N-dealkylation sites (tertiary alicyclic amines) is 1. The van der Waals surface area contributed by atoms with E-state index in [2.05, 4.69) is 15.5 Å². The van der Waals surface area contributed by atoms with E-state index in [1.54, 1.807) is 0 Å². The normalized spacial score (nSPS) is 22.9. The van der Waals surface area contributed by atoms with Crippen LogP contribution in [0.5, 0.6) is 0 Å². The number of piperidine rings is 1. The lowest BCUT2D eigenvalue weighted by atomic mass is 10.1. The number of carbonyl (C=O) groups excluding carboxylic acids is 1. The van der Waals surface area contributed by atoms with Crippen molar-refractivity contribution < 1.29 is 19.7 Å². The summed E-state index contributed by atoms with van der Waals surface area (Å²) in [7, 11) is 0. The van der Waals surface area contributed by atoms with Gasteiger partial charge in [-0.3, -0.25) is 10.2 Å². The Morgan fingerprint density at radius 1 is 1.45 bits per heavy atom. The third-order valence-corrected chi connectivity index (χ3v) is 3.41. The summed E-state index contributed by atoms with van der Waals surface area (Å²) < 4.78 is 5.27. The Morgan fingerprint density at radius 3 is 2.73 bits per heavy atom. The van der Waals surface area contributed by atoms with Gasteiger partial charge in [-0.1, -0.05) is 0 Å². The summed E-state index contributed by atoms with van der Waals surface area (Å²) in [6.07, 6.45) is 0.782. The van der Waals surface area contributed by atoms with Gasteiger partial charge in [0.15, 0.2) is 0 Å². The SMILES string of the molecule is C[C@@H](CO)N[C@H](O)CN1CCC[C@@H](NC(=O)OC(C)(C)C)C1. The standard InChI is InChI=1S/C15H31N3O4/c1-11(10-19)16-13(20)9-18-7-5-6-12(8-18)17-14(21)22-15(2,3)4/h11-13,16,19-20H,5-10H2,1-4H3,(H,17,21)/t11-,12+,13+/m0/s1. The van der Waals surface area contributed by atoms with Crippen molar-refractivity contribution in [3.63, 3.8) is 0 Å². The summed E-state index contributed by atoms with van der Waals surface area (Å²) in [5.74, 6) is 0. The highest BCUT2D eigenvalue weighted by atomic mass is 16.6. The topological polar surface area (TPSA) is 94.1 Å². The molecule has 3 atom stereocenters. The van der Waals surface area contributed by atoms with E-state index in [1.807, 2.05) is 27.7 Å². The summed E-state index contributed by atoms with van der Waals surface area (Å²) in [5.41, 5.74) is -0.501. The van der Waals surface area contributed by atoms with Crippen LogP contribution in [0, 0.1) is 0 Å². The fourth-order valence-corrected chi connectivity index (χ4v) is 2.49. The number of hydrogen-bond donors (Lipinski definition) is 4. The first-order valence-corrected chi connectivity index (χ1v) is 7.96. The molecule has 1 aliphatic heterocycles. The number of ether oxygens (including phenoxy) is 1. The zero-order chi connectivity index (χ0) is 16.8. The van der Waals surface area contributed by atoms with Crippen molar-refractivity contribution in [3.8, 4) is 0 Å². The smallest absolute Gasteiger partial charge is 0.407 e. The van der Waals surface area contributed by atoms with Crippen molar-refractivity contribution in [3.05, 3.63) is 0 Å². The molecule has 1 heterocycles. The maximum Gasteiger partial charge on any atom is 0.407 e. The molecule has 0 saturated carbocycles. The second-order valence-electron chi connectivity index (χ2n) is 7.01. The molecule has 7 heteroatoms. The van der Waals surface area contributed by atoms with Crippen LogP contribution in [0.15, 0.2) is 0 Å². The number of nitrogens with zero attached hydrogens (tertiary/aromatic N) is 1. The van der Waals surface area contributed by atoms with Crippen molar-refractivity contribution in [1.29, 1.82) is 0 Å². The zero-order valence-electron chi connectivity index (χ0n) is 14.1. The number of hydrogen-bond acceptors (Lipinski definition) is 6. The van der Waals surface area contributed by atoms with Crippen LogP contribution in [0.25, 0.3) is 0 Å². The first-order valence-electron chi connectivity index (χ1n) is 7.96. The Kier molecular flexibility index (Phi) is 7.55. The Hall–Kier alpha value is -0.890. The number of aliphatic hydroxyl groups excluding tert-OH is 2. The number of alkyl carbamates (subject to hydrolysis) is 1. The molecule has 22 heavy (non-hydrogen) atoms. The molecular formula is C15H31N3O4. The maximum absolute atomic E-state index is 11.8. The number of aliphatic hydroxyl groups is 2. The van der Waals surface area contributed by atoms with Crippen LogP contribution in [-0.4, -0.2) is 71.4 Å². The van der Waals surface area contributed by atoms with Gasteiger partial charge in [0.05, 0.1) is 6.61 Å². The maximum atomic E-state index is 11.8. The van der Waals surface area contributed by atoms with Crippen LogP contribution in [0.2, 0.25) is 0 Å². The molecule has 0 radical (unpaired) electrons. The van der Waals surface area contributed by atoms with E-state index in [0.29, 0.717) is 13.1 Å². The third-order valence-electron chi connectivity index (χ3n) is 3.41. The average molecular weight is 317 g/mol. The van der Waals surface area contributed by atoms with Gasteiger partial charge in [-0.05, 0) is 47.1 Å². The van der Waals surface area contributed by atoms with E-state index in [1.165, 1.54) is 0 Å². The summed E-state index contributed by atoms with van der Waals surface area (Å²) >= 11 is 0. The molecule has 1 rings (SSSR count). The lowest BCUT2D eigenvalue weighted by Crippen LogP contribution is -2.53. The molecule has 0 aliphatic carbocycles. The highest BCUT2D eigenvalue weighted by Gasteiger charge is 2.25. The van der Waals surface area contributed by atoms with E-state index < -0.39 is 17.9 Å². The minimum Gasteiger partial charge on any atom is -0.444 e. The molecule has 1 fully saturated rings. The highest BCUT2D eigenvalue weighted by molar-refractivity contribution is 5.68. The predicted molar refractivity (Wildman–Crippen MR) is 84.5 cm³/mol.